The Balaban J connectivity index is 2.61. The van der Waals surface area contributed by atoms with Crippen molar-refractivity contribution in [3.63, 3.8) is 0 Å². The predicted molar refractivity (Wildman–Crippen MR) is 89.9 cm³/mol. The van der Waals surface area contributed by atoms with Crippen LogP contribution in [0.4, 0.5) is 0 Å². The van der Waals surface area contributed by atoms with Crippen molar-refractivity contribution >= 4 is 54.6 Å². The Kier molecular flexibility index (Phi) is 5.09. The van der Waals surface area contributed by atoms with Crippen LogP contribution in [0.1, 0.15) is 0 Å². The quantitative estimate of drug-likeness (QED) is 0.765. The van der Waals surface area contributed by atoms with Crippen LogP contribution in [0.3, 0.4) is 0 Å². The Labute approximate surface area is 144 Å². The van der Waals surface area contributed by atoms with E-state index in [-0.39, 0.29) is 19.8 Å². The third kappa shape index (κ3) is 3.94. The molecule has 0 amide bonds. The molecule has 0 fully saturated rings. The average Bonchev–Trinajstić information content (AvgIpc) is 2.40. The van der Waals surface area contributed by atoms with E-state index in [2.05, 4.69) is 3.77 Å². The lowest BCUT2D eigenvalue weighted by molar-refractivity contribution is 0.598. The molecule has 0 aromatic heterocycles. The van der Waals surface area contributed by atoms with E-state index in [1.165, 1.54) is 48.7 Å². The molecule has 9 heteroatoms. The molecule has 2 rings (SSSR count). The highest BCUT2D eigenvalue weighted by Crippen LogP contribution is 2.28. The summed E-state index contributed by atoms with van der Waals surface area (Å²) in [4.78, 5) is -0.0381. The first-order valence-corrected chi connectivity index (χ1v) is 10.3. The Bertz CT molecular complexity index is 932. The van der Waals surface area contributed by atoms with Crippen LogP contribution < -0.4 is 0 Å². The molecule has 0 aliphatic carbocycles. The molecule has 2 aromatic carbocycles. The second-order valence-corrected chi connectivity index (χ2v) is 9.72. The van der Waals surface area contributed by atoms with Gasteiger partial charge in [0.25, 0.3) is 10.0 Å². The number of rotatable bonds is 3. The molecule has 1 atom stereocenters. The van der Waals surface area contributed by atoms with Crippen LogP contribution in [0.25, 0.3) is 0 Å². The number of hydrogen-bond acceptors (Lipinski definition) is 3. The van der Waals surface area contributed by atoms with E-state index in [0.717, 1.165) is 0 Å². The molecule has 22 heavy (non-hydrogen) atoms. The summed E-state index contributed by atoms with van der Waals surface area (Å²) in [6.45, 7) is 0. The van der Waals surface area contributed by atoms with Gasteiger partial charge in [0.05, 0.1) is 14.8 Å². The highest BCUT2D eigenvalue weighted by atomic mass is 35.5. The van der Waals surface area contributed by atoms with E-state index in [1.807, 2.05) is 0 Å². The maximum atomic E-state index is 12.6. The second-order valence-electron chi connectivity index (χ2n) is 4.38. The minimum absolute atomic E-state index is 0.0422. The molecule has 0 N–H and O–H groups in total. The number of nitrogens with zero attached hydrogens (tertiary/aromatic N) is 1. The highest BCUT2D eigenvalue weighted by molar-refractivity contribution is 8.03. The number of halogens is 3. The Hall–Kier alpha value is -0.790. The molecule has 0 saturated heterocycles. The zero-order valence-electron chi connectivity index (χ0n) is 11.2. The molecule has 0 bridgehead atoms. The van der Waals surface area contributed by atoms with Gasteiger partial charge in [-0.15, -0.1) is 3.77 Å². The van der Waals surface area contributed by atoms with Crippen LogP contribution in [0.5, 0.6) is 0 Å². The van der Waals surface area contributed by atoms with Crippen molar-refractivity contribution in [2.45, 2.75) is 9.79 Å². The average molecular weight is 399 g/mol. The van der Waals surface area contributed by atoms with Crippen molar-refractivity contribution in [3.8, 4) is 0 Å². The van der Waals surface area contributed by atoms with Crippen LogP contribution in [-0.2, 0) is 19.8 Å². The van der Waals surface area contributed by atoms with E-state index in [0.29, 0.717) is 5.02 Å². The van der Waals surface area contributed by atoms with Gasteiger partial charge in [0.15, 0.2) is 0 Å². The van der Waals surface area contributed by atoms with Crippen molar-refractivity contribution in [2.24, 2.45) is 3.77 Å². The van der Waals surface area contributed by atoms with Crippen molar-refractivity contribution in [3.05, 3.63) is 57.5 Å². The lowest BCUT2D eigenvalue weighted by atomic mass is 10.4. The van der Waals surface area contributed by atoms with Gasteiger partial charge < -0.3 is 0 Å². The fourth-order valence-electron chi connectivity index (χ4n) is 1.63. The molecule has 0 saturated carbocycles. The van der Waals surface area contributed by atoms with Crippen molar-refractivity contribution < 1.29 is 12.6 Å². The third-order valence-electron chi connectivity index (χ3n) is 2.66. The number of sulfonamides is 1. The van der Waals surface area contributed by atoms with Gasteiger partial charge in [-0.2, -0.15) is 8.42 Å². The van der Waals surface area contributed by atoms with Crippen molar-refractivity contribution in [1.82, 2.24) is 0 Å². The SMILES string of the molecule is C[S@@](=O)(=NS(=O)(=O)c1cc(Cl)ccc1Cl)c1ccc(Cl)cc1. The summed E-state index contributed by atoms with van der Waals surface area (Å²) < 4.78 is 40.8. The zero-order valence-corrected chi connectivity index (χ0v) is 15.1. The maximum absolute atomic E-state index is 12.6. The third-order valence-corrected chi connectivity index (χ3v) is 7.55. The maximum Gasteiger partial charge on any atom is 0.291 e. The predicted octanol–water partition coefficient (Wildman–Crippen LogP) is 4.49. The van der Waals surface area contributed by atoms with E-state index in [1.54, 1.807) is 0 Å². The minimum atomic E-state index is -4.23. The van der Waals surface area contributed by atoms with Gasteiger partial charge in [-0.25, -0.2) is 4.21 Å². The van der Waals surface area contributed by atoms with Gasteiger partial charge in [0, 0.05) is 21.2 Å². The van der Waals surface area contributed by atoms with Crippen molar-refractivity contribution in [1.29, 1.82) is 0 Å². The summed E-state index contributed by atoms with van der Waals surface area (Å²) in [5, 5.41) is 0.589. The topological polar surface area (TPSA) is 63.6 Å². The smallest absolute Gasteiger partial charge is 0.244 e. The summed E-state index contributed by atoms with van der Waals surface area (Å²) in [7, 11) is -7.42. The first-order chi connectivity index (χ1) is 10.1. The molecule has 0 unspecified atom stereocenters. The standard InChI is InChI=1S/C13H10Cl3NO3S2/c1-21(18,11-5-2-9(14)3-6-11)17-22(19,20)13-8-10(15)4-7-12(13)16/h2-8H,1H3/t21-/m0/s1. The normalized spacial score (nSPS) is 14.4. The van der Waals surface area contributed by atoms with Crippen LogP contribution in [-0.4, -0.2) is 18.9 Å². The lowest BCUT2D eigenvalue weighted by Crippen LogP contribution is -2.05. The lowest BCUT2D eigenvalue weighted by Gasteiger charge is -2.07. The van der Waals surface area contributed by atoms with Crippen LogP contribution >= 0.6 is 34.8 Å². The van der Waals surface area contributed by atoms with Gasteiger partial charge in [-0.3, -0.25) is 0 Å². The first-order valence-electron chi connectivity index (χ1n) is 5.81. The van der Waals surface area contributed by atoms with E-state index in [4.69, 9.17) is 34.8 Å². The molecule has 2 aromatic rings. The molecule has 0 heterocycles. The van der Waals surface area contributed by atoms with Crippen LogP contribution in [0, 0.1) is 0 Å². The molecule has 0 aliphatic rings. The van der Waals surface area contributed by atoms with Crippen LogP contribution in [0.15, 0.2) is 56.0 Å². The summed E-state index contributed by atoms with van der Waals surface area (Å²) in [6.07, 6.45) is 1.23. The first kappa shape index (κ1) is 17.6. The van der Waals surface area contributed by atoms with Gasteiger partial charge in [0.1, 0.15) is 4.90 Å². The number of benzene rings is 2. The van der Waals surface area contributed by atoms with Gasteiger partial charge >= 0.3 is 0 Å². The van der Waals surface area contributed by atoms with Gasteiger partial charge in [0.2, 0.25) is 0 Å². The summed E-state index contributed by atoms with van der Waals surface area (Å²) in [5.74, 6) is 0. The fourth-order valence-corrected chi connectivity index (χ4v) is 5.80. The largest absolute Gasteiger partial charge is 0.291 e. The van der Waals surface area contributed by atoms with E-state index < -0.39 is 19.8 Å². The molecule has 0 spiro atoms. The molecule has 4 nitrogen and oxygen atoms in total. The molecular formula is C13H10Cl3NO3S2. The monoisotopic (exact) mass is 397 g/mol. The summed E-state index contributed by atoms with van der Waals surface area (Å²) in [6, 6.07) is 9.90. The molecule has 118 valence electrons. The molecule has 0 aliphatic heterocycles. The minimum Gasteiger partial charge on any atom is -0.244 e. The van der Waals surface area contributed by atoms with E-state index >= 15 is 0 Å². The zero-order chi connectivity index (χ0) is 16.5. The number of hydrogen-bond donors (Lipinski definition) is 0. The molecule has 0 radical (unpaired) electrons. The van der Waals surface area contributed by atoms with Crippen molar-refractivity contribution in [2.75, 3.05) is 6.26 Å². The molecular weight excluding hydrogens is 389 g/mol. The Morgan fingerprint density at radius 1 is 0.864 bits per heavy atom. The fraction of sp³-hybridized carbons (Fsp3) is 0.0769. The summed E-state index contributed by atoms with van der Waals surface area (Å²) in [5.41, 5.74) is 0. The van der Waals surface area contributed by atoms with Crippen LogP contribution in [0.2, 0.25) is 15.1 Å². The highest BCUT2D eigenvalue weighted by Gasteiger charge is 2.21. The summed E-state index contributed by atoms with van der Waals surface area (Å²) >= 11 is 17.4. The second kappa shape index (κ2) is 6.37. The van der Waals surface area contributed by atoms with Gasteiger partial charge in [-0.05, 0) is 42.5 Å². The Morgan fingerprint density at radius 2 is 1.41 bits per heavy atom. The van der Waals surface area contributed by atoms with E-state index in [9.17, 15) is 12.6 Å². The Morgan fingerprint density at radius 3 is 2.00 bits per heavy atom. The van der Waals surface area contributed by atoms with Gasteiger partial charge in [-0.1, -0.05) is 34.8 Å².